The highest BCUT2D eigenvalue weighted by atomic mass is 32.2. The molecule has 2 fully saturated rings. The number of thioether (sulfide) groups is 1. The Morgan fingerprint density at radius 1 is 1.38 bits per heavy atom. The average molecular weight is 308 g/mol. The van der Waals surface area contributed by atoms with Gasteiger partial charge in [-0.3, -0.25) is 14.5 Å². The van der Waals surface area contributed by atoms with E-state index < -0.39 is 0 Å². The molecule has 2 atom stereocenters. The SMILES string of the molecule is CSCC[C@@H]1CN2CCC[C@H]2CN1Cc1cn(C)nc1C. The molecule has 2 saturated heterocycles. The molecule has 1 aromatic rings. The van der Waals surface area contributed by atoms with Crippen molar-refractivity contribution < 1.29 is 0 Å². The van der Waals surface area contributed by atoms with Gasteiger partial charge in [-0.2, -0.15) is 16.9 Å². The molecule has 1 aromatic heterocycles. The van der Waals surface area contributed by atoms with Crippen molar-refractivity contribution in [3.8, 4) is 0 Å². The molecule has 21 heavy (non-hydrogen) atoms. The lowest BCUT2D eigenvalue weighted by Gasteiger charge is -2.43. The Labute approximate surface area is 132 Å². The predicted molar refractivity (Wildman–Crippen MR) is 89.7 cm³/mol. The number of aryl methyl sites for hydroxylation is 2. The van der Waals surface area contributed by atoms with Crippen LogP contribution in [0.2, 0.25) is 0 Å². The van der Waals surface area contributed by atoms with Gasteiger partial charge in [0, 0.05) is 50.5 Å². The van der Waals surface area contributed by atoms with Crippen LogP contribution in [0.3, 0.4) is 0 Å². The minimum atomic E-state index is 0.714. The van der Waals surface area contributed by atoms with Crippen molar-refractivity contribution in [2.75, 3.05) is 31.6 Å². The summed E-state index contributed by atoms with van der Waals surface area (Å²) in [6, 6.07) is 1.51. The van der Waals surface area contributed by atoms with Crippen LogP contribution in [-0.4, -0.2) is 63.3 Å². The molecule has 3 rings (SSSR count). The molecule has 5 heteroatoms. The van der Waals surface area contributed by atoms with E-state index in [4.69, 9.17) is 0 Å². The van der Waals surface area contributed by atoms with Gasteiger partial charge in [-0.05, 0) is 44.7 Å². The Morgan fingerprint density at radius 2 is 2.24 bits per heavy atom. The number of hydrogen-bond donors (Lipinski definition) is 0. The summed E-state index contributed by atoms with van der Waals surface area (Å²) >= 11 is 1.97. The zero-order valence-corrected chi connectivity index (χ0v) is 14.4. The molecule has 0 saturated carbocycles. The third-order valence-electron chi connectivity index (χ3n) is 5.05. The summed E-state index contributed by atoms with van der Waals surface area (Å²) in [7, 11) is 2.02. The lowest BCUT2D eigenvalue weighted by atomic mass is 10.0. The Morgan fingerprint density at radius 3 is 2.95 bits per heavy atom. The lowest BCUT2D eigenvalue weighted by molar-refractivity contribution is 0.0441. The second-order valence-corrected chi connectivity index (χ2v) is 7.55. The molecule has 2 aliphatic rings. The van der Waals surface area contributed by atoms with Gasteiger partial charge in [-0.15, -0.1) is 0 Å². The van der Waals surface area contributed by atoms with Gasteiger partial charge in [0.25, 0.3) is 0 Å². The highest BCUT2D eigenvalue weighted by molar-refractivity contribution is 7.98. The first-order valence-corrected chi connectivity index (χ1v) is 9.53. The maximum atomic E-state index is 4.51. The monoisotopic (exact) mass is 308 g/mol. The second-order valence-electron chi connectivity index (χ2n) is 6.57. The van der Waals surface area contributed by atoms with Crippen molar-refractivity contribution in [1.29, 1.82) is 0 Å². The Kier molecular flexibility index (Phi) is 4.92. The molecule has 118 valence electrons. The molecule has 2 aliphatic heterocycles. The van der Waals surface area contributed by atoms with E-state index in [9.17, 15) is 0 Å². The van der Waals surface area contributed by atoms with Crippen molar-refractivity contribution in [2.24, 2.45) is 7.05 Å². The normalized spacial score (nSPS) is 27.2. The van der Waals surface area contributed by atoms with Gasteiger partial charge in [-0.1, -0.05) is 0 Å². The van der Waals surface area contributed by atoms with E-state index in [1.807, 2.05) is 23.5 Å². The number of aromatic nitrogens is 2. The number of piperazine rings is 1. The highest BCUT2D eigenvalue weighted by Crippen LogP contribution is 2.28. The van der Waals surface area contributed by atoms with Crippen molar-refractivity contribution in [1.82, 2.24) is 19.6 Å². The maximum absolute atomic E-state index is 4.51. The van der Waals surface area contributed by atoms with E-state index in [-0.39, 0.29) is 0 Å². The fraction of sp³-hybridized carbons (Fsp3) is 0.812. The third kappa shape index (κ3) is 3.46. The van der Waals surface area contributed by atoms with Crippen LogP contribution in [-0.2, 0) is 13.6 Å². The Bertz CT molecular complexity index is 473. The molecule has 4 nitrogen and oxygen atoms in total. The smallest absolute Gasteiger partial charge is 0.0638 e. The van der Waals surface area contributed by atoms with Crippen LogP contribution in [0.5, 0.6) is 0 Å². The van der Waals surface area contributed by atoms with Gasteiger partial charge >= 0.3 is 0 Å². The number of fused-ring (bicyclic) bond motifs is 1. The zero-order chi connectivity index (χ0) is 14.8. The van der Waals surface area contributed by atoms with Crippen molar-refractivity contribution >= 4 is 11.8 Å². The van der Waals surface area contributed by atoms with E-state index in [2.05, 4.69) is 34.3 Å². The van der Waals surface area contributed by atoms with Crippen LogP contribution >= 0.6 is 11.8 Å². The van der Waals surface area contributed by atoms with E-state index in [0.29, 0.717) is 6.04 Å². The first kappa shape index (κ1) is 15.4. The molecule has 0 aromatic carbocycles. The molecule has 0 N–H and O–H groups in total. The van der Waals surface area contributed by atoms with E-state index >= 15 is 0 Å². The van der Waals surface area contributed by atoms with Crippen molar-refractivity contribution in [3.05, 3.63) is 17.5 Å². The highest BCUT2D eigenvalue weighted by Gasteiger charge is 2.36. The number of hydrogen-bond acceptors (Lipinski definition) is 4. The van der Waals surface area contributed by atoms with E-state index in [1.54, 1.807) is 0 Å². The van der Waals surface area contributed by atoms with E-state index in [0.717, 1.165) is 12.6 Å². The van der Waals surface area contributed by atoms with Gasteiger partial charge in [0.15, 0.2) is 0 Å². The first-order chi connectivity index (χ1) is 10.2. The topological polar surface area (TPSA) is 24.3 Å². The summed E-state index contributed by atoms with van der Waals surface area (Å²) in [5, 5.41) is 4.51. The molecule has 3 heterocycles. The van der Waals surface area contributed by atoms with Crippen LogP contribution in [0.25, 0.3) is 0 Å². The summed E-state index contributed by atoms with van der Waals surface area (Å²) in [5.41, 5.74) is 2.59. The minimum Gasteiger partial charge on any atom is -0.298 e. The molecule has 0 spiro atoms. The van der Waals surface area contributed by atoms with Gasteiger partial charge in [0.05, 0.1) is 5.69 Å². The molecule has 0 bridgehead atoms. The maximum Gasteiger partial charge on any atom is 0.0638 e. The lowest BCUT2D eigenvalue weighted by Crippen LogP contribution is -2.55. The summed E-state index contributed by atoms with van der Waals surface area (Å²) in [6.45, 7) is 7.04. The zero-order valence-electron chi connectivity index (χ0n) is 13.6. The van der Waals surface area contributed by atoms with Crippen molar-refractivity contribution in [3.63, 3.8) is 0 Å². The summed E-state index contributed by atoms with van der Waals surface area (Å²) in [4.78, 5) is 5.46. The predicted octanol–water partition coefficient (Wildman–Crippen LogP) is 2.13. The summed E-state index contributed by atoms with van der Waals surface area (Å²) < 4.78 is 1.95. The van der Waals surface area contributed by atoms with Gasteiger partial charge in [-0.25, -0.2) is 0 Å². The summed E-state index contributed by atoms with van der Waals surface area (Å²) in [6.07, 6.45) is 8.50. The quantitative estimate of drug-likeness (QED) is 0.832. The summed E-state index contributed by atoms with van der Waals surface area (Å²) in [5.74, 6) is 1.27. The standard InChI is InChI=1S/C16H28N4S/c1-13-14(9-18(2)17-13)10-20-12-15-5-4-7-19(15)11-16(20)6-8-21-3/h9,15-16H,4-8,10-12H2,1-3H3/t15-,16+/m0/s1. The molecule has 0 radical (unpaired) electrons. The van der Waals surface area contributed by atoms with Crippen LogP contribution in [0.4, 0.5) is 0 Å². The average Bonchev–Trinajstić information content (AvgIpc) is 3.02. The van der Waals surface area contributed by atoms with Gasteiger partial charge in [0.2, 0.25) is 0 Å². The Balaban J connectivity index is 1.71. The third-order valence-corrected chi connectivity index (χ3v) is 5.69. The molecular formula is C16H28N4S. The van der Waals surface area contributed by atoms with Crippen molar-refractivity contribution in [2.45, 2.75) is 44.8 Å². The largest absolute Gasteiger partial charge is 0.298 e. The molecule has 0 aliphatic carbocycles. The second kappa shape index (κ2) is 6.71. The number of nitrogens with zero attached hydrogens (tertiary/aromatic N) is 4. The van der Waals surface area contributed by atoms with E-state index in [1.165, 1.54) is 55.9 Å². The van der Waals surface area contributed by atoms with Crippen LogP contribution in [0, 0.1) is 6.92 Å². The first-order valence-electron chi connectivity index (χ1n) is 8.13. The fourth-order valence-corrected chi connectivity index (χ4v) is 4.40. The molecule has 0 unspecified atom stereocenters. The molecule has 0 amide bonds. The number of rotatable bonds is 5. The minimum absolute atomic E-state index is 0.714. The Hall–Kier alpha value is -0.520. The van der Waals surface area contributed by atoms with Crippen LogP contribution in [0.15, 0.2) is 6.20 Å². The van der Waals surface area contributed by atoms with Crippen LogP contribution < -0.4 is 0 Å². The van der Waals surface area contributed by atoms with Crippen LogP contribution in [0.1, 0.15) is 30.5 Å². The fourth-order valence-electron chi connectivity index (χ4n) is 3.89. The van der Waals surface area contributed by atoms with Gasteiger partial charge in [0.1, 0.15) is 0 Å². The van der Waals surface area contributed by atoms with Gasteiger partial charge < -0.3 is 0 Å². The molecular weight excluding hydrogens is 280 g/mol.